The molecule has 1 N–H and O–H groups in total. The summed E-state index contributed by atoms with van der Waals surface area (Å²) < 4.78 is 0. The van der Waals surface area contributed by atoms with E-state index in [0.29, 0.717) is 5.92 Å². The molecule has 1 fully saturated rings. The molecule has 2 amide bonds. The summed E-state index contributed by atoms with van der Waals surface area (Å²) in [7, 11) is 0. The fraction of sp³-hybridized carbons (Fsp3) is 0.722. The van der Waals surface area contributed by atoms with E-state index in [1.54, 1.807) is 18.3 Å². The maximum atomic E-state index is 12.3. The Hall–Kier alpha value is -1.63. The zero-order valence-corrected chi connectivity index (χ0v) is 16.2. The molecule has 1 aliphatic carbocycles. The Bertz CT molecular complexity index is 635. The first-order valence-electron chi connectivity index (χ1n) is 9.20. The second-order valence-electron chi connectivity index (χ2n) is 7.44. The van der Waals surface area contributed by atoms with Gasteiger partial charge in [-0.1, -0.05) is 13.8 Å². The van der Waals surface area contributed by atoms with Crippen LogP contribution in [0.15, 0.2) is 0 Å². The van der Waals surface area contributed by atoms with Crippen LogP contribution >= 0.6 is 11.3 Å². The Kier molecular flexibility index (Phi) is 5.61. The van der Waals surface area contributed by atoms with Gasteiger partial charge < -0.3 is 15.1 Å². The highest BCUT2D eigenvalue weighted by Gasteiger charge is 2.29. The summed E-state index contributed by atoms with van der Waals surface area (Å²) in [5, 5.41) is 4.12. The van der Waals surface area contributed by atoms with Crippen molar-refractivity contribution in [3.05, 3.63) is 10.6 Å². The molecule has 2 aliphatic rings. The van der Waals surface area contributed by atoms with Gasteiger partial charge in [-0.3, -0.25) is 9.59 Å². The van der Waals surface area contributed by atoms with Crippen LogP contribution in [0.1, 0.15) is 37.8 Å². The Morgan fingerprint density at radius 2 is 2.00 bits per heavy atom. The first-order chi connectivity index (χ1) is 11.9. The lowest BCUT2D eigenvalue weighted by Gasteiger charge is -2.33. The molecule has 0 bridgehead atoms. The van der Waals surface area contributed by atoms with Crippen LogP contribution in [0.5, 0.6) is 0 Å². The van der Waals surface area contributed by atoms with Crippen LogP contribution in [-0.2, 0) is 22.4 Å². The lowest BCUT2D eigenvalue weighted by molar-refractivity contribution is -0.129. The topological polar surface area (TPSA) is 65.5 Å². The normalized spacial score (nSPS) is 20.6. The van der Waals surface area contributed by atoms with Crippen LogP contribution in [0.25, 0.3) is 0 Å². The van der Waals surface area contributed by atoms with E-state index >= 15 is 0 Å². The molecule has 3 rings (SSSR count). The van der Waals surface area contributed by atoms with Gasteiger partial charge in [0.25, 0.3) is 0 Å². The predicted molar refractivity (Wildman–Crippen MR) is 99.9 cm³/mol. The zero-order valence-electron chi connectivity index (χ0n) is 15.4. The SMILES string of the molecule is CC(=O)N1CCN(c2nc3c(s2)C[C@@H](C(=O)NCC(C)C)CC3)CC1. The lowest BCUT2D eigenvalue weighted by atomic mass is 9.90. The summed E-state index contributed by atoms with van der Waals surface area (Å²) in [5.41, 5.74) is 1.17. The molecule has 0 aromatic carbocycles. The molecule has 6 nitrogen and oxygen atoms in total. The third kappa shape index (κ3) is 4.32. The number of rotatable bonds is 4. The van der Waals surface area contributed by atoms with Crippen LogP contribution in [0.2, 0.25) is 0 Å². The van der Waals surface area contributed by atoms with Crippen LogP contribution in [0.3, 0.4) is 0 Å². The molecular weight excluding hydrogens is 336 g/mol. The van der Waals surface area contributed by atoms with Crippen molar-refractivity contribution in [1.29, 1.82) is 0 Å². The number of carbonyl (C=O) groups is 2. The lowest BCUT2D eigenvalue weighted by Crippen LogP contribution is -2.48. The number of aromatic nitrogens is 1. The number of hydrogen-bond donors (Lipinski definition) is 1. The van der Waals surface area contributed by atoms with Gasteiger partial charge in [-0.15, -0.1) is 11.3 Å². The quantitative estimate of drug-likeness (QED) is 0.883. The molecule has 7 heteroatoms. The number of piperazine rings is 1. The monoisotopic (exact) mass is 364 g/mol. The number of thiazole rings is 1. The van der Waals surface area contributed by atoms with Gasteiger partial charge in [0, 0.05) is 50.4 Å². The number of nitrogens with zero attached hydrogens (tertiary/aromatic N) is 3. The fourth-order valence-corrected chi connectivity index (χ4v) is 4.62. The van der Waals surface area contributed by atoms with Gasteiger partial charge in [0.1, 0.15) is 0 Å². The molecular formula is C18H28N4O2S. The Morgan fingerprint density at radius 3 is 2.64 bits per heavy atom. The average Bonchev–Trinajstić information content (AvgIpc) is 3.02. The van der Waals surface area contributed by atoms with Gasteiger partial charge in [-0.25, -0.2) is 4.98 Å². The smallest absolute Gasteiger partial charge is 0.223 e. The summed E-state index contributed by atoms with van der Waals surface area (Å²) in [6.07, 6.45) is 2.58. The van der Waals surface area contributed by atoms with Crippen LogP contribution in [-0.4, -0.2) is 54.4 Å². The van der Waals surface area contributed by atoms with Gasteiger partial charge in [0.2, 0.25) is 11.8 Å². The van der Waals surface area contributed by atoms with E-state index in [-0.39, 0.29) is 17.7 Å². The molecule has 0 unspecified atom stereocenters. The van der Waals surface area contributed by atoms with E-state index in [4.69, 9.17) is 4.98 Å². The van der Waals surface area contributed by atoms with E-state index in [2.05, 4.69) is 24.1 Å². The number of amides is 2. The number of nitrogens with one attached hydrogen (secondary N) is 1. The Morgan fingerprint density at radius 1 is 1.28 bits per heavy atom. The van der Waals surface area contributed by atoms with Gasteiger partial charge in [-0.2, -0.15) is 0 Å². The number of anilines is 1. The minimum atomic E-state index is 0.0779. The Balaban J connectivity index is 1.60. The largest absolute Gasteiger partial charge is 0.356 e. The van der Waals surface area contributed by atoms with Crippen molar-refractivity contribution in [3.63, 3.8) is 0 Å². The highest BCUT2D eigenvalue weighted by atomic mass is 32.1. The van der Waals surface area contributed by atoms with Crippen LogP contribution < -0.4 is 10.2 Å². The third-order valence-electron chi connectivity index (χ3n) is 4.98. The molecule has 2 heterocycles. The maximum absolute atomic E-state index is 12.3. The zero-order chi connectivity index (χ0) is 18.0. The number of hydrogen-bond acceptors (Lipinski definition) is 5. The molecule has 0 spiro atoms. The number of carbonyl (C=O) groups excluding carboxylic acids is 2. The first-order valence-corrected chi connectivity index (χ1v) is 10.0. The fourth-order valence-electron chi connectivity index (χ4n) is 3.38. The summed E-state index contributed by atoms with van der Waals surface area (Å²) >= 11 is 1.73. The van der Waals surface area contributed by atoms with E-state index in [1.807, 2.05) is 4.90 Å². The molecule has 138 valence electrons. The number of aryl methyl sites for hydroxylation is 1. The molecule has 0 saturated carbocycles. The first kappa shape index (κ1) is 18.2. The third-order valence-corrected chi connectivity index (χ3v) is 6.16. The summed E-state index contributed by atoms with van der Waals surface area (Å²) in [6, 6.07) is 0. The van der Waals surface area contributed by atoms with Crippen LogP contribution in [0.4, 0.5) is 5.13 Å². The maximum Gasteiger partial charge on any atom is 0.223 e. The molecule has 0 radical (unpaired) electrons. The molecule has 25 heavy (non-hydrogen) atoms. The van der Waals surface area contributed by atoms with Crippen molar-refractivity contribution in [2.24, 2.45) is 11.8 Å². The summed E-state index contributed by atoms with van der Waals surface area (Å²) in [4.78, 5) is 34.0. The van der Waals surface area contributed by atoms with Crippen molar-refractivity contribution in [3.8, 4) is 0 Å². The van der Waals surface area contributed by atoms with E-state index in [1.165, 1.54) is 10.6 Å². The average molecular weight is 365 g/mol. The van der Waals surface area contributed by atoms with Crippen molar-refractivity contribution in [1.82, 2.24) is 15.2 Å². The van der Waals surface area contributed by atoms with E-state index in [9.17, 15) is 9.59 Å². The summed E-state index contributed by atoms with van der Waals surface area (Å²) in [6.45, 7) is 9.80. The van der Waals surface area contributed by atoms with Gasteiger partial charge >= 0.3 is 0 Å². The molecule has 1 aromatic rings. The minimum absolute atomic E-state index is 0.0779. The van der Waals surface area contributed by atoms with Crippen molar-refractivity contribution in [2.75, 3.05) is 37.6 Å². The molecule has 1 saturated heterocycles. The second kappa shape index (κ2) is 7.72. The van der Waals surface area contributed by atoms with Crippen molar-refractivity contribution < 1.29 is 9.59 Å². The predicted octanol–water partition coefficient (Wildman–Crippen LogP) is 1.69. The summed E-state index contributed by atoms with van der Waals surface area (Å²) in [5.74, 6) is 0.888. The Labute approximate surface area is 153 Å². The highest BCUT2D eigenvalue weighted by molar-refractivity contribution is 7.15. The highest BCUT2D eigenvalue weighted by Crippen LogP contribution is 2.34. The van der Waals surface area contributed by atoms with E-state index < -0.39 is 0 Å². The molecule has 1 atom stereocenters. The van der Waals surface area contributed by atoms with Gasteiger partial charge in [-0.05, 0) is 25.2 Å². The second-order valence-corrected chi connectivity index (χ2v) is 8.50. The van der Waals surface area contributed by atoms with E-state index in [0.717, 1.165) is 57.1 Å². The molecule has 1 aromatic heterocycles. The van der Waals surface area contributed by atoms with Crippen molar-refractivity contribution >= 4 is 28.3 Å². The van der Waals surface area contributed by atoms with Gasteiger partial charge in [0.15, 0.2) is 5.13 Å². The van der Waals surface area contributed by atoms with Gasteiger partial charge in [0.05, 0.1) is 5.69 Å². The van der Waals surface area contributed by atoms with Crippen LogP contribution in [0, 0.1) is 11.8 Å². The molecule has 1 aliphatic heterocycles. The number of fused-ring (bicyclic) bond motifs is 1. The minimum Gasteiger partial charge on any atom is -0.356 e. The van der Waals surface area contributed by atoms with Crippen molar-refractivity contribution in [2.45, 2.75) is 40.0 Å². The standard InChI is InChI=1S/C18H28N4O2S/c1-12(2)11-19-17(24)14-4-5-15-16(10-14)25-18(20-15)22-8-6-21(7-9-22)13(3)23/h12,14H,4-11H2,1-3H3,(H,19,24)/t14-/m0/s1.